The van der Waals surface area contributed by atoms with Gasteiger partial charge < -0.3 is 15.2 Å². The van der Waals surface area contributed by atoms with E-state index >= 15 is 0 Å². The summed E-state index contributed by atoms with van der Waals surface area (Å²) in [5.74, 6) is 0.115. The Morgan fingerprint density at radius 1 is 1.33 bits per heavy atom. The second-order valence-electron chi connectivity index (χ2n) is 4.38. The van der Waals surface area contributed by atoms with Crippen molar-refractivity contribution in [1.29, 1.82) is 0 Å². The lowest BCUT2D eigenvalue weighted by molar-refractivity contribution is 0.0277. The summed E-state index contributed by atoms with van der Waals surface area (Å²) in [4.78, 5) is 11.7. The number of halogens is 1. The number of carbonyl (C=O) groups is 1. The molecule has 1 aromatic carbocycles. The highest BCUT2D eigenvalue weighted by molar-refractivity contribution is 14.1. The average Bonchev–Trinajstić information content (AvgIpc) is 2.26. The summed E-state index contributed by atoms with van der Waals surface area (Å²) in [5, 5.41) is 0. The van der Waals surface area contributed by atoms with Gasteiger partial charge in [-0.2, -0.15) is 0 Å². The van der Waals surface area contributed by atoms with Crippen LogP contribution in [0, 0.1) is 9.49 Å². The minimum atomic E-state index is -0.367. The first-order valence-electron chi connectivity index (χ1n) is 5.80. The third-order valence-electron chi connectivity index (χ3n) is 2.07. The molecule has 1 rings (SSSR count). The van der Waals surface area contributed by atoms with Crippen molar-refractivity contribution in [2.24, 2.45) is 5.92 Å². The summed E-state index contributed by atoms with van der Waals surface area (Å²) in [6.45, 7) is 5.50. The topological polar surface area (TPSA) is 61.5 Å². The number of hydrogen-bond donors (Lipinski definition) is 1. The number of nitrogen functional groups attached to an aromatic ring is 1. The van der Waals surface area contributed by atoms with E-state index in [1.165, 1.54) is 0 Å². The molecule has 0 saturated carbocycles. The zero-order valence-electron chi connectivity index (χ0n) is 10.6. The molecule has 0 amide bonds. The minimum absolute atomic E-state index is 0.261. The zero-order valence-corrected chi connectivity index (χ0v) is 12.8. The van der Waals surface area contributed by atoms with E-state index in [2.05, 4.69) is 36.4 Å². The van der Waals surface area contributed by atoms with Crippen molar-refractivity contribution < 1.29 is 14.3 Å². The van der Waals surface area contributed by atoms with Gasteiger partial charge in [-0.1, -0.05) is 13.8 Å². The van der Waals surface area contributed by atoms with Crippen molar-refractivity contribution in [3.05, 3.63) is 27.3 Å². The molecule has 1 aromatic rings. The molecule has 5 heteroatoms. The van der Waals surface area contributed by atoms with Gasteiger partial charge in [0, 0.05) is 15.9 Å². The first-order valence-corrected chi connectivity index (χ1v) is 6.88. The molecule has 0 aliphatic heterocycles. The fraction of sp³-hybridized carbons (Fsp3) is 0.462. The molecule has 0 bridgehead atoms. The molecular weight excluding hydrogens is 345 g/mol. The summed E-state index contributed by atoms with van der Waals surface area (Å²) < 4.78 is 11.3. The standard InChI is InChI=1S/C13H18INO3/c1-9(2)8-17-3-4-18-13(16)10-5-11(14)7-12(15)6-10/h5-7,9H,3-4,8,15H2,1-2H3. The van der Waals surface area contributed by atoms with Gasteiger partial charge in [0.25, 0.3) is 0 Å². The Hall–Kier alpha value is -0.820. The first-order chi connectivity index (χ1) is 8.49. The Labute approximate surface area is 121 Å². The molecule has 0 heterocycles. The molecule has 4 nitrogen and oxygen atoms in total. The number of rotatable bonds is 6. The largest absolute Gasteiger partial charge is 0.460 e. The van der Waals surface area contributed by atoms with Crippen molar-refractivity contribution >= 4 is 34.2 Å². The Morgan fingerprint density at radius 2 is 2.06 bits per heavy atom. The maximum absolute atomic E-state index is 11.7. The number of anilines is 1. The van der Waals surface area contributed by atoms with Crippen LogP contribution in [0.2, 0.25) is 0 Å². The van der Waals surface area contributed by atoms with Crippen LogP contribution in [-0.4, -0.2) is 25.8 Å². The van der Waals surface area contributed by atoms with Gasteiger partial charge in [-0.25, -0.2) is 4.79 Å². The highest BCUT2D eigenvalue weighted by atomic mass is 127. The number of nitrogens with two attached hydrogens (primary N) is 1. The Kier molecular flexibility index (Phi) is 6.42. The molecule has 0 aliphatic carbocycles. The van der Waals surface area contributed by atoms with Crippen LogP contribution in [0.5, 0.6) is 0 Å². The van der Waals surface area contributed by atoms with Crippen LogP contribution < -0.4 is 5.73 Å². The maximum atomic E-state index is 11.7. The highest BCUT2D eigenvalue weighted by Gasteiger charge is 2.08. The molecular formula is C13H18INO3. The van der Waals surface area contributed by atoms with Crippen LogP contribution in [0.3, 0.4) is 0 Å². The SMILES string of the molecule is CC(C)COCCOC(=O)c1cc(N)cc(I)c1. The van der Waals surface area contributed by atoms with Crippen molar-refractivity contribution in [3.63, 3.8) is 0 Å². The predicted molar refractivity (Wildman–Crippen MR) is 79.5 cm³/mol. The number of hydrogen-bond acceptors (Lipinski definition) is 4. The maximum Gasteiger partial charge on any atom is 0.338 e. The van der Waals surface area contributed by atoms with E-state index in [4.69, 9.17) is 15.2 Å². The molecule has 100 valence electrons. The van der Waals surface area contributed by atoms with Gasteiger partial charge in [-0.3, -0.25) is 0 Å². The van der Waals surface area contributed by atoms with E-state index in [9.17, 15) is 4.79 Å². The van der Waals surface area contributed by atoms with Gasteiger partial charge in [-0.15, -0.1) is 0 Å². The smallest absolute Gasteiger partial charge is 0.338 e. The molecule has 0 spiro atoms. The molecule has 0 aliphatic rings. The van der Waals surface area contributed by atoms with Crippen molar-refractivity contribution in [2.45, 2.75) is 13.8 Å². The molecule has 0 atom stereocenters. The van der Waals surface area contributed by atoms with Gasteiger partial charge >= 0.3 is 5.97 Å². The highest BCUT2D eigenvalue weighted by Crippen LogP contribution is 2.14. The molecule has 0 unspecified atom stereocenters. The van der Waals surface area contributed by atoms with Crippen LogP contribution in [0.15, 0.2) is 18.2 Å². The third kappa shape index (κ3) is 5.68. The molecule has 2 N–H and O–H groups in total. The van der Waals surface area contributed by atoms with E-state index < -0.39 is 0 Å². The van der Waals surface area contributed by atoms with Crippen LogP contribution in [0.25, 0.3) is 0 Å². The van der Waals surface area contributed by atoms with Crippen LogP contribution >= 0.6 is 22.6 Å². The fourth-order valence-electron chi connectivity index (χ4n) is 1.33. The molecule has 0 aromatic heterocycles. The number of benzene rings is 1. The lowest BCUT2D eigenvalue weighted by atomic mass is 10.2. The molecule has 0 fully saturated rings. The third-order valence-corrected chi connectivity index (χ3v) is 2.69. The second kappa shape index (κ2) is 7.58. The van der Waals surface area contributed by atoms with Crippen molar-refractivity contribution in [1.82, 2.24) is 0 Å². The van der Waals surface area contributed by atoms with E-state index in [0.29, 0.717) is 30.4 Å². The monoisotopic (exact) mass is 363 g/mol. The molecule has 0 saturated heterocycles. The van der Waals surface area contributed by atoms with Crippen LogP contribution in [0.1, 0.15) is 24.2 Å². The predicted octanol–water partition coefficient (Wildman–Crippen LogP) is 2.70. The first kappa shape index (κ1) is 15.2. The average molecular weight is 363 g/mol. The zero-order chi connectivity index (χ0) is 13.5. The van der Waals surface area contributed by atoms with Crippen molar-refractivity contribution in [2.75, 3.05) is 25.6 Å². The molecule has 0 radical (unpaired) electrons. The van der Waals surface area contributed by atoms with E-state index in [1.807, 2.05) is 0 Å². The summed E-state index contributed by atoms with van der Waals surface area (Å²) >= 11 is 2.11. The van der Waals surface area contributed by atoms with E-state index in [0.717, 1.165) is 3.57 Å². The molecule has 18 heavy (non-hydrogen) atoms. The van der Waals surface area contributed by atoms with E-state index in [1.54, 1.807) is 18.2 Å². The van der Waals surface area contributed by atoms with E-state index in [-0.39, 0.29) is 12.6 Å². The summed E-state index contributed by atoms with van der Waals surface area (Å²) in [7, 11) is 0. The van der Waals surface area contributed by atoms with Gasteiger partial charge in [0.2, 0.25) is 0 Å². The summed E-state index contributed by atoms with van der Waals surface area (Å²) in [6, 6.07) is 5.15. The summed E-state index contributed by atoms with van der Waals surface area (Å²) in [5.41, 5.74) is 6.70. The number of carbonyl (C=O) groups excluding carboxylic acids is 1. The van der Waals surface area contributed by atoms with Crippen LogP contribution in [-0.2, 0) is 9.47 Å². The minimum Gasteiger partial charge on any atom is -0.460 e. The Bertz CT molecular complexity index is 387. The number of esters is 1. The van der Waals surface area contributed by atoms with Crippen molar-refractivity contribution in [3.8, 4) is 0 Å². The Morgan fingerprint density at radius 3 is 2.67 bits per heavy atom. The van der Waals surface area contributed by atoms with Gasteiger partial charge in [-0.05, 0) is 46.7 Å². The number of ether oxygens (including phenoxy) is 2. The fourth-order valence-corrected chi connectivity index (χ4v) is 2.02. The van der Waals surface area contributed by atoms with Crippen LogP contribution in [0.4, 0.5) is 5.69 Å². The summed E-state index contributed by atoms with van der Waals surface area (Å²) in [6.07, 6.45) is 0. The Balaban J connectivity index is 2.36. The normalized spacial score (nSPS) is 10.7. The lowest BCUT2D eigenvalue weighted by Gasteiger charge is -2.08. The van der Waals surface area contributed by atoms with Gasteiger partial charge in [0.05, 0.1) is 12.2 Å². The van der Waals surface area contributed by atoms with Gasteiger partial charge in [0.1, 0.15) is 6.61 Å². The van der Waals surface area contributed by atoms with Gasteiger partial charge in [0.15, 0.2) is 0 Å². The second-order valence-corrected chi connectivity index (χ2v) is 5.62. The quantitative estimate of drug-likeness (QED) is 0.365. The lowest BCUT2D eigenvalue weighted by Crippen LogP contribution is -2.13.